The van der Waals surface area contributed by atoms with Crippen molar-refractivity contribution in [2.75, 3.05) is 13.1 Å². The molecule has 5 heteroatoms. The Morgan fingerprint density at radius 1 is 1.17 bits per heavy atom. The fraction of sp³-hybridized carbons (Fsp3) is 0.846. The van der Waals surface area contributed by atoms with Gasteiger partial charge in [-0.2, -0.15) is 0 Å². The third-order valence-corrected chi connectivity index (χ3v) is 4.77. The molecule has 2 heterocycles. The second-order valence-corrected chi connectivity index (χ2v) is 5.85. The molecule has 0 bridgehead atoms. The molecule has 0 aromatic rings. The molecule has 2 N–H and O–H groups in total. The summed E-state index contributed by atoms with van der Waals surface area (Å²) in [5.74, 6) is -1.22. The maximum atomic E-state index is 12.1. The number of carbonyl (C=O) groups excluding carboxylic acids is 1. The molecule has 5 nitrogen and oxygen atoms in total. The number of carboxylic acid groups (broad SMARTS) is 1. The van der Waals surface area contributed by atoms with Gasteiger partial charge >= 0.3 is 5.97 Å². The molecule has 0 radical (unpaired) electrons. The SMILES string of the molecule is O=C(O)C1(C(=O)NC2CCN3CCCCC23)CC1. The minimum Gasteiger partial charge on any atom is -0.480 e. The van der Waals surface area contributed by atoms with Crippen molar-refractivity contribution in [3.8, 4) is 0 Å². The van der Waals surface area contributed by atoms with Crippen LogP contribution in [0.25, 0.3) is 0 Å². The van der Waals surface area contributed by atoms with Gasteiger partial charge in [0, 0.05) is 18.6 Å². The van der Waals surface area contributed by atoms with Crippen LogP contribution in [0.15, 0.2) is 0 Å². The highest BCUT2D eigenvalue weighted by Crippen LogP contribution is 2.46. The summed E-state index contributed by atoms with van der Waals surface area (Å²) in [4.78, 5) is 25.6. The predicted molar refractivity (Wildman–Crippen MR) is 65.1 cm³/mol. The first kappa shape index (κ1) is 12.0. The van der Waals surface area contributed by atoms with Crippen LogP contribution in [0.3, 0.4) is 0 Å². The third-order valence-electron chi connectivity index (χ3n) is 4.77. The number of rotatable bonds is 3. The van der Waals surface area contributed by atoms with Crippen molar-refractivity contribution >= 4 is 11.9 Å². The van der Waals surface area contributed by atoms with Gasteiger partial charge < -0.3 is 10.4 Å². The van der Waals surface area contributed by atoms with Crippen LogP contribution in [0, 0.1) is 5.41 Å². The Kier molecular flexibility index (Phi) is 2.81. The molecule has 100 valence electrons. The van der Waals surface area contributed by atoms with Gasteiger partial charge in [0.15, 0.2) is 0 Å². The Morgan fingerprint density at radius 3 is 2.61 bits per heavy atom. The van der Waals surface area contributed by atoms with E-state index in [0.717, 1.165) is 25.9 Å². The minimum absolute atomic E-state index is 0.162. The van der Waals surface area contributed by atoms with Crippen LogP contribution in [-0.4, -0.2) is 47.1 Å². The van der Waals surface area contributed by atoms with Gasteiger partial charge in [-0.15, -0.1) is 0 Å². The van der Waals surface area contributed by atoms with Gasteiger partial charge in [-0.3, -0.25) is 14.5 Å². The Hall–Kier alpha value is -1.10. The van der Waals surface area contributed by atoms with Crippen LogP contribution in [0.1, 0.15) is 38.5 Å². The van der Waals surface area contributed by atoms with Crippen LogP contribution >= 0.6 is 0 Å². The van der Waals surface area contributed by atoms with Crippen molar-refractivity contribution in [2.45, 2.75) is 50.6 Å². The Bertz CT molecular complexity index is 378. The van der Waals surface area contributed by atoms with E-state index in [1.54, 1.807) is 0 Å². The van der Waals surface area contributed by atoms with Crippen LogP contribution in [0.2, 0.25) is 0 Å². The number of carbonyl (C=O) groups is 2. The van der Waals surface area contributed by atoms with Gasteiger partial charge in [0.2, 0.25) is 5.91 Å². The van der Waals surface area contributed by atoms with Gasteiger partial charge in [-0.1, -0.05) is 6.42 Å². The molecule has 2 saturated heterocycles. The summed E-state index contributed by atoms with van der Waals surface area (Å²) in [6.07, 6.45) is 5.55. The Balaban J connectivity index is 1.63. The molecule has 3 aliphatic rings. The Labute approximate surface area is 107 Å². The van der Waals surface area contributed by atoms with Crippen molar-refractivity contribution in [1.29, 1.82) is 0 Å². The van der Waals surface area contributed by atoms with E-state index >= 15 is 0 Å². The molecule has 0 aromatic carbocycles. The Morgan fingerprint density at radius 2 is 1.94 bits per heavy atom. The van der Waals surface area contributed by atoms with Gasteiger partial charge in [-0.05, 0) is 38.6 Å². The molecular weight excluding hydrogens is 232 g/mol. The first-order valence-electron chi connectivity index (χ1n) is 6.92. The maximum absolute atomic E-state index is 12.1. The molecule has 3 fully saturated rings. The van der Waals surface area contributed by atoms with E-state index in [0.29, 0.717) is 18.9 Å². The molecule has 18 heavy (non-hydrogen) atoms. The summed E-state index contributed by atoms with van der Waals surface area (Å²) in [7, 11) is 0. The molecule has 1 saturated carbocycles. The zero-order chi connectivity index (χ0) is 12.8. The third kappa shape index (κ3) is 1.81. The first-order chi connectivity index (χ1) is 8.63. The van der Waals surface area contributed by atoms with E-state index in [-0.39, 0.29) is 11.9 Å². The lowest BCUT2D eigenvalue weighted by atomic mass is 9.98. The van der Waals surface area contributed by atoms with E-state index in [4.69, 9.17) is 5.11 Å². The highest BCUT2D eigenvalue weighted by atomic mass is 16.4. The number of hydrogen-bond acceptors (Lipinski definition) is 3. The lowest BCUT2D eigenvalue weighted by Crippen LogP contribution is -2.49. The number of amides is 1. The number of hydrogen-bond donors (Lipinski definition) is 2. The number of aliphatic carboxylic acids is 1. The van der Waals surface area contributed by atoms with Crippen LogP contribution in [0.5, 0.6) is 0 Å². The van der Waals surface area contributed by atoms with Crippen molar-refractivity contribution in [1.82, 2.24) is 10.2 Å². The monoisotopic (exact) mass is 252 g/mol. The zero-order valence-corrected chi connectivity index (χ0v) is 10.5. The van der Waals surface area contributed by atoms with Crippen molar-refractivity contribution in [2.24, 2.45) is 5.41 Å². The molecule has 1 amide bonds. The molecule has 3 rings (SSSR count). The lowest BCUT2D eigenvalue weighted by molar-refractivity contribution is -0.149. The predicted octanol–water partition coefficient (Wildman–Crippen LogP) is 0.594. The average molecular weight is 252 g/mol. The number of nitrogens with zero attached hydrogens (tertiary/aromatic N) is 1. The summed E-state index contributed by atoms with van der Waals surface area (Å²) in [5.41, 5.74) is -1.10. The maximum Gasteiger partial charge on any atom is 0.319 e. The first-order valence-corrected chi connectivity index (χ1v) is 6.92. The second-order valence-electron chi connectivity index (χ2n) is 5.85. The molecule has 0 spiro atoms. The summed E-state index contributed by atoms with van der Waals surface area (Å²) in [6.45, 7) is 2.16. The van der Waals surface area contributed by atoms with E-state index in [1.807, 2.05) is 0 Å². The summed E-state index contributed by atoms with van der Waals surface area (Å²) in [6, 6.07) is 0.599. The van der Waals surface area contributed by atoms with E-state index in [9.17, 15) is 9.59 Å². The summed E-state index contributed by atoms with van der Waals surface area (Å²) >= 11 is 0. The fourth-order valence-electron chi connectivity index (χ4n) is 3.39. The van der Waals surface area contributed by atoms with Crippen molar-refractivity contribution in [3.63, 3.8) is 0 Å². The molecule has 2 atom stereocenters. The molecule has 2 aliphatic heterocycles. The van der Waals surface area contributed by atoms with Crippen LogP contribution < -0.4 is 5.32 Å². The number of piperidine rings is 1. The normalized spacial score (nSPS) is 33.8. The summed E-state index contributed by atoms with van der Waals surface area (Å²) < 4.78 is 0. The quantitative estimate of drug-likeness (QED) is 0.721. The number of fused-ring (bicyclic) bond motifs is 1. The molecular formula is C13H20N2O3. The lowest BCUT2D eigenvalue weighted by Gasteiger charge is -2.32. The zero-order valence-electron chi connectivity index (χ0n) is 10.5. The summed E-state index contributed by atoms with van der Waals surface area (Å²) in [5, 5.41) is 12.1. The average Bonchev–Trinajstić information content (AvgIpc) is 3.09. The highest BCUT2D eigenvalue weighted by Gasteiger charge is 2.57. The fourth-order valence-corrected chi connectivity index (χ4v) is 3.39. The van der Waals surface area contributed by atoms with Gasteiger partial charge in [0.25, 0.3) is 0 Å². The van der Waals surface area contributed by atoms with Crippen LogP contribution in [-0.2, 0) is 9.59 Å². The van der Waals surface area contributed by atoms with Gasteiger partial charge in [0.05, 0.1) is 0 Å². The van der Waals surface area contributed by atoms with Crippen LogP contribution in [0.4, 0.5) is 0 Å². The number of carboxylic acids is 1. The highest BCUT2D eigenvalue weighted by molar-refractivity contribution is 6.04. The molecule has 1 aliphatic carbocycles. The smallest absolute Gasteiger partial charge is 0.319 e. The topological polar surface area (TPSA) is 69.6 Å². The van der Waals surface area contributed by atoms with Gasteiger partial charge in [-0.25, -0.2) is 0 Å². The van der Waals surface area contributed by atoms with E-state index < -0.39 is 11.4 Å². The largest absolute Gasteiger partial charge is 0.480 e. The van der Waals surface area contributed by atoms with Crippen molar-refractivity contribution in [3.05, 3.63) is 0 Å². The van der Waals surface area contributed by atoms with Crippen molar-refractivity contribution < 1.29 is 14.7 Å². The minimum atomic E-state index is -1.10. The van der Waals surface area contributed by atoms with Gasteiger partial charge in [0.1, 0.15) is 5.41 Å². The van der Waals surface area contributed by atoms with E-state index in [1.165, 1.54) is 12.8 Å². The molecule has 0 aromatic heterocycles. The second kappa shape index (κ2) is 4.23. The molecule has 2 unspecified atom stereocenters. The van der Waals surface area contributed by atoms with E-state index in [2.05, 4.69) is 10.2 Å². The number of nitrogens with one attached hydrogen (secondary N) is 1. The standard InChI is InChI=1S/C13H20N2O3/c16-11(13(5-6-13)12(17)18)14-9-4-8-15-7-2-1-3-10(9)15/h9-10H,1-8H2,(H,14,16)(H,17,18).